The van der Waals surface area contributed by atoms with E-state index >= 15 is 0 Å². The number of aromatic nitrogens is 4. The molecule has 6 aromatic carbocycles. The molecular weight excluding hydrogens is 780 g/mol. The molecule has 0 aliphatic heterocycles. The number of halogens is 1. The van der Waals surface area contributed by atoms with Crippen molar-refractivity contribution in [3.8, 4) is 22.3 Å². The zero-order valence-electron chi connectivity index (χ0n) is 33.0. The maximum atomic E-state index is 12.6. The molecule has 0 bridgehead atoms. The first-order valence-electron chi connectivity index (χ1n) is 19.1. The number of aromatic carboxylic acids is 1. The third-order valence-corrected chi connectivity index (χ3v) is 9.46. The molecule has 61 heavy (non-hydrogen) atoms. The van der Waals surface area contributed by atoms with Gasteiger partial charge in [-0.05, 0) is 82.6 Å². The van der Waals surface area contributed by atoms with Crippen molar-refractivity contribution in [3.63, 3.8) is 0 Å². The van der Waals surface area contributed by atoms with Crippen LogP contribution in [-0.2, 0) is 0 Å². The second-order valence-electron chi connectivity index (χ2n) is 13.2. The lowest BCUT2D eigenvalue weighted by Gasteiger charge is -2.08. The number of rotatable bonds is 5. The maximum absolute atomic E-state index is 12.6. The normalized spacial score (nSPS) is 10.7. The molecule has 0 saturated heterocycles. The van der Waals surface area contributed by atoms with Crippen molar-refractivity contribution in [3.05, 3.63) is 190 Å². The van der Waals surface area contributed by atoms with Crippen molar-refractivity contribution < 1.29 is 29.5 Å². The highest BCUT2D eigenvalue weighted by molar-refractivity contribution is 6.10. The Morgan fingerprint density at radius 1 is 0.607 bits per heavy atom. The number of H-pyrrole nitrogens is 2. The van der Waals surface area contributed by atoms with E-state index < -0.39 is 13.1 Å². The average molecular weight is 816 g/mol. The summed E-state index contributed by atoms with van der Waals surface area (Å²) in [5.41, 5.74) is 12.0. The first kappa shape index (κ1) is 39.2. The lowest BCUT2D eigenvalue weighted by atomic mass is 10.0. The van der Waals surface area contributed by atoms with E-state index in [1.807, 2.05) is 103 Å². The number of anilines is 2. The minimum absolute atomic E-state index is 0.0650. The van der Waals surface area contributed by atoms with Crippen LogP contribution in [0.4, 0.5) is 15.8 Å². The van der Waals surface area contributed by atoms with Gasteiger partial charge in [-0.15, -0.1) is 0 Å². The van der Waals surface area contributed by atoms with Gasteiger partial charge in [-0.3, -0.25) is 18.8 Å². The fourth-order valence-electron chi connectivity index (χ4n) is 6.58. The summed E-state index contributed by atoms with van der Waals surface area (Å²) in [6.07, 6.45) is 3.45. The Morgan fingerprint density at radius 2 is 1.00 bits per heavy atom. The summed E-state index contributed by atoms with van der Waals surface area (Å²) in [5.74, 6) is -1.38. The average Bonchev–Trinajstić information content (AvgIpc) is 3.94. The highest BCUT2D eigenvalue weighted by atomic mass is 19.1. The molecule has 13 nitrogen and oxygen atoms in total. The predicted octanol–water partition coefficient (Wildman–Crippen LogP) is 9.48. The number of pyridine rings is 2. The zero-order chi connectivity index (χ0) is 43.6. The molecule has 10 rings (SSSR count). The van der Waals surface area contributed by atoms with E-state index in [-0.39, 0.29) is 28.5 Å². The standard InChI is InChI=1S/C23H15N3O3.C15H12N2O.C8H5NO3.CH3F/c27-22-17-6-2-1-5-16(17)19(13-24-22)14-9-11-15(12-10-14)25-23(28)21-18-7-3-4-8-20(18)26-29-21;16-11-7-5-10(6-8-11)14-9-17-15(18)13-4-2-1-3-12(13)14;10-8(11)7-5-3-1-2-4-6(5)9-12-7;1-2/h1-13H,(H,24,27)(H,25,28);1-9H,16H2,(H,17,18);1-4H,(H,10,11);1H3/i;;;1D. The van der Waals surface area contributed by atoms with Crippen molar-refractivity contribution in [2.45, 2.75) is 0 Å². The number of nitrogens with two attached hydrogens (primary N) is 1. The number of nitrogens with zero attached hydrogens (tertiary/aromatic N) is 2. The lowest BCUT2D eigenvalue weighted by molar-refractivity contribution is 0.0655. The second-order valence-corrected chi connectivity index (χ2v) is 13.2. The number of fused-ring (bicyclic) bond motifs is 4. The van der Waals surface area contributed by atoms with Crippen molar-refractivity contribution in [1.29, 1.82) is 0 Å². The molecule has 0 saturated carbocycles. The van der Waals surface area contributed by atoms with Crippen LogP contribution in [0, 0.1) is 0 Å². The van der Waals surface area contributed by atoms with Crippen LogP contribution in [0.3, 0.4) is 0 Å². The molecule has 4 heterocycles. The fraction of sp³-hybridized carbons (Fsp3) is 0.0213. The number of carbonyl (C=O) groups is 2. The van der Waals surface area contributed by atoms with Gasteiger partial charge >= 0.3 is 5.97 Å². The SMILES string of the molecule is Nc1ccc(-c2c[nH]c(=O)c3ccccc23)cc1.O=C(Nc1ccc(-c2c[nH]c(=O)c3ccccc23)cc1)c1onc2ccccc12.O=C(O)c1onc2ccccc12.[2H]CF. The molecule has 1 amide bonds. The van der Waals surface area contributed by atoms with Crippen molar-refractivity contribution in [1.82, 2.24) is 20.3 Å². The van der Waals surface area contributed by atoms with Gasteiger partial charge in [0, 0.05) is 45.7 Å². The highest BCUT2D eigenvalue weighted by Gasteiger charge is 2.17. The Bertz CT molecular complexity index is 3290. The van der Waals surface area contributed by atoms with Crippen LogP contribution >= 0.6 is 0 Å². The topological polar surface area (TPSA) is 210 Å². The molecule has 0 atom stereocenters. The van der Waals surface area contributed by atoms with Crippen LogP contribution in [0.1, 0.15) is 22.5 Å². The number of amides is 1. The minimum atomic E-state index is -1.09. The lowest BCUT2D eigenvalue weighted by Crippen LogP contribution is -2.11. The maximum Gasteiger partial charge on any atom is 0.375 e. The number of nitrogens with one attached hydrogen (secondary N) is 3. The van der Waals surface area contributed by atoms with E-state index in [4.69, 9.17) is 16.7 Å². The number of hydrogen-bond donors (Lipinski definition) is 5. The number of carboxylic acids is 1. The largest absolute Gasteiger partial charge is 0.475 e. The summed E-state index contributed by atoms with van der Waals surface area (Å²) < 4.78 is 25.3. The molecule has 6 N–H and O–H groups in total. The van der Waals surface area contributed by atoms with E-state index in [1.165, 1.54) is 0 Å². The quantitative estimate of drug-likeness (QED) is 0.104. The van der Waals surface area contributed by atoms with Gasteiger partial charge in [0.2, 0.25) is 5.76 Å². The van der Waals surface area contributed by atoms with Gasteiger partial charge in [-0.1, -0.05) is 95.2 Å². The molecule has 0 fully saturated rings. The molecular formula is C47H35FN6O7. The zero-order valence-corrected chi connectivity index (χ0v) is 32.0. The Morgan fingerprint density at radius 3 is 1.48 bits per heavy atom. The molecule has 0 radical (unpaired) electrons. The van der Waals surface area contributed by atoms with Crippen LogP contribution in [0.5, 0.6) is 0 Å². The summed E-state index contributed by atoms with van der Waals surface area (Å²) in [4.78, 5) is 52.4. The Hall–Kier alpha value is -8.65. The summed E-state index contributed by atoms with van der Waals surface area (Å²) in [7, 11) is -1.00. The van der Waals surface area contributed by atoms with E-state index in [0.29, 0.717) is 38.3 Å². The number of carboxylic acid groups (broad SMARTS) is 1. The van der Waals surface area contributed by atoms with Gasteiger partial charge in [-0.25, -0.2) is 4.79 Å². The Labute approximate surface area is 346 Å². The van der Waals surface area contributed by atoms with Crippen LogP contribution in [0.2, 0.25) is 0 Å². The molecule has 4 aromatic heterocycles. The second kappa shape index (κ2) is 18.3. The van der Waals surface area contributed by atoms with Crippen molar-refractivity contribution in [2.75, 3.05) is 18.2 Å². The molecule has 0 unspecified atom stereocenters. The van der Waals surface area contributed by atoms with Gasteiger partial charge < -0.3 is 35.2 Å². The van der Waals surface area contributed by atoms with Gasteiger partial charge in [0.15, 0.2) is 0 Å². The summed E-state index contributed by atoms with van der Waals surface area (Å²) in [5, 5.41) is 23.3. The number of nitrogen functional groups attached to an aromatic ring is 1. The van der Waals surface area contributed by atoms with Gasteiger partial charge in [0.05, 0.1) is 19.3 Å². The number of alkyl halides is 1. The summed E-state index contributed by atoms with van der Waals surface area (Å²) in [6, 6.07) is 44.2. The Balaban J connectivity index is 0.000000149. The molecule has 302 valence electrons. The smallest absolute Gasteiger partial charge is 0.375 e. The summed E-state index contributed by atoms with van der Waals surface area (Å²) >= 11 is 0. The first-order valence-corrected chi connectivity index (χ1v) is 18.4. The number of benzene rings is 6. The van der Waals surface area contributed by atoms with E-state index in [2.05, 4.69) is 30.1 Å². The molecule has 0 aliphatic rings. The predicted molar refractivity (Wildman–Crippen MR) is 234 cm³/mol. The highest BCUT2D eigenvalue weighted by Crippen LogP contribution is 2.29. The first-order chi connectivity index (χ1) is 30.2. The van der Waals surface area contributed by atoms with Crippen molar-refractivity contribution in [2.24, 2.45) is 0 Å². The third-order valence-electron chi connectivity index (χ3n) is 9.46. The van der Waals surface area contributed by atoms with Crippen LogP contribution in [0.25, 0.3) is 65.6 Å². The van der Waals surface area contributed by atoms with E-state index in [9.17, 15) is 23.6 Å². The Kier molecular flexibility index (Phi) is 11.8. The number of hydrogen-bond acceptors (Lipinski definition) is 9. The van der Waals surface area contributed by atoms with Gasteiger partial charge in [0.1, 0.15) is 11.0 Å². The van der Waals surface area contributed by atoms with Crippen LogP contribution < -0.4 is 22.2 Å². The van der Waals surface area contributed by atoms with Gasteiger partial charge in [0.25, 0.3) is 22.8 Å². The minimum Gasteiger partial charge on any atom is -0.475 e. The molecule has 10 aromatic rings. The van der Waals surface area contributed by atoms with Crippen LogP contribution in [0.15, 0.2) is 177 Å². The number of aromatic amines is 2. The van der Waals surface area contributed by atoms with Crippen molar-refractivity contribution >= 4 is 66.6 Å². The monoisotopic (exact) mass is 815 g/mol. The molecule has 0 spiro atoms. The molecule has 0 aliphatic carbocycles. The van der Waals surface area contributed by atoms with Crippen LogP contribution in [-0.4, -0.2) is 44.4 Å². The fourth-order valence-corrected chi connectivity index (χ4v) is 6.58. The van der Waals surface area contributed by atoms with E-state index in [1.54, 1.807) is 54.9 Å². The number of carbonyl (C=O) groups excluding carboxylic acids is 1. The third kappa shape index (κ3) is 8.78. The molecule has 14 heteroatoms. The van der Waals surface area contributed by atoms with Gasteiger partial charge in [-0.2, -0.15) is 0 Å². The van der Waals surface area contributed by atoms with E-state index in [0.717, 1.165) is 38.7 Å². The summed E-state index contributed by atoms with van der Waals surface area (Å²) in [6.45, 7) is 0.